The summed E-state index contributed by atoms with van der Waals surface area (Å²) in [5.74, 6) is -2.14. The summed E-state index contributed by atoms with van der Waals surface area (Å²) in [6.07, 6.45) is 4.68. The molecule has 9 heteroatoms. The van der Waals surface area contributed by atoms with Gasteiger partial charge in [0.25, 0.3) is 0 Å². The molecule has 1 N–H and O–H groups in total. The topological polar surface area (TPSA) is 69.0 Å². The fourth-order valence-electron chi connectivity index (χ4n) is 4.04. The zero-order valence-corrected chi connectivity index (χ0v) is 20.3. The summed E-state index contributed by atoms with van der Waals surface area (Å²) in [5, 5.41) is 8.41. The molecule has 1 saturated heterocycles. The van der Waals surface area contributed by atoms with E-state index in [4.69, 9.17) is 9.72 Å². The van der Waals surface area contributed by atoms with E-state index in [1.807, 2.05) is 24.7 Å². The summed E-state index contributed by atoms with van der Waals surface area (Å²) in [6, 6.07) is 2.98. The predicted molar refractivity (Wildman–Crippen MR) is 121 cm³/mol. The van der Waals surface area contributed by atoms with Crippen LogP contribution in [0, 0.1) is 11.6 Å². The van der Waals surface area contributed by atoms with Crippen molar-refractivity contribution in [2.24, 2.45) is 0 Å². The first-order chi connectivity index (χ1) is 15.5. The van der Waals surface area contributed by atoms with E-state index < -0.39 is 33.3 Å². The number of carbonyl (C=O) groups is 1. The summed E-state index contributed by atoms with van der Waals surface area (Å²) in [4.78, 5) is 17.5. The van der Waals surface area contributed by atoms with E-state index in [0.29, 0.717) is 11.1 Å². The van der Waals surface area contributed by atoms with Crippen molar-refractivity contribution in [2.75, 3.05) is 13.2 Å². The Labute approximate surface area is 192 Å². The number of aromatic nitrogens is 3. The van der Waals surface area contributed by atoms with Crippen molar-refractivity contribution in [1.82, 2.24) is 20.1 Å². The van der Waals surface area contributed by atoms with Crippen LogP contribution in [-0.2, 0) is 24.2 Å². The quantitative estimate of drug-likeness (QED) is 0.503. The molecule has 4 rings (SSSR count). The van der Waals surface area contributed by atoms with Crippen molar-refractivity contribution < 1.29 is 18.3 Å². The van der Waals surface area contributed by atoms with Gasteiger partial charge in [0.15, 0.2) is 0 Å². The summed E-state index contributed by atoms with van der Waals surface area (Å²) in [6.45, 7) is 6.64. The van der Waals surface area contributed by atoms with E-state index in [0.717, 1.165) is 67.0 Å². The molecule has 3 aromatic rings. The number of nitrogens with one attached hydrogen (secondary N) is 1. The Hall–Kier alpha value is -2.31. The third kappa shape index (κ3) is 4.71. The first-order valence-electron chi connectivity index (χ1n) is 11.0. The van der Waals surface area contributed by atoms with Crippen LogP contribution < -0.4 is 9.67 Å². The van der Waals surface area contributed by atoms with Gasteiger partial charge in [-0.05, 0) is 0 Å². The van der Waals surface area contributed by atoms with Gasteiger partial charge in [-0.3, -0.25) is 0 Å². The van der Waals surface area contributed by atoms with Gasteiger partial charge in [0, 0.05) is 0 Å². The zero-order chi connectivity index (χ0) is 22.7. The van der Waals surface area contributed by atoms with Crippen molar-refractivity contribution in [3.8, 4) is 0 Å². The molecule has 0 radical (unpaired) electrons. The predicted octanol–water partition coefficient (Wildman–Crippen LogP) is 2.88. The molecule has 6 nitrogen and oxygen atoms in total. The average Bonchev–Trinajstić information content (AvgIpc) is 3.21. The van der Waals surface area contributed by atoms with Gasteiger partial charge < -0.3 is 0 Å². The van der Waals surface area contributed by atoms with Crippen LogP contribution in [0.15, 0.2) is 24.4 Å². The van der Waals surface area contributed by atoms with Crippen LogP contribution >= 0.6 is 0 Å². The Kier molecular flexibility index (Phi) is 7.21. The van der Waals surface area contributed by atoms with Crippen LogP contribution in [0.2, 0.25) is 4.71 Å². The Balaban J connectivity index is 1.69. The van der Waals surface area contributed by atoms with Gasteiger partial charge in [0.1, 0.15) is 0 Å². The second-order valence-corrected chi connectivity index (χ2v) is 11.2. The fourth-order valence-corrected chi connectivity index (χ4v) is 7.54. The number of ether oxygens (including phenoxy) is 1. The van der Waals surface area contributed by atoms with Crippen LogP contribution in [0.25, 0.3) is 11.0 Å². The molecule has 1 atom stereocenters. The maximum atomic E-state index is 14.1. The minimum absolute atomic E-state index is 0.167. The first-order valence-corrected chi connectivity index (χ1v) is 13.2. The summed E-state index contributed by atoms with van der Waals surface area (Å²) in [7, 11) is 0. The van der Waals surface area contributed by atoms with E-state index >= 15 is 0 Å². The van der Waals surface area contributed by atoms with Crippen LogP contribution in [0.3, 0.4) is 0 Å². The van der Waals surface area contributed by atoms with Gasteiger partial charge in [0.2, 0.25) is 0 Å². The minimum atomic E-state index is -0.869. The molecule has 2 aromatic heterocycles. The second-order valence-electron chi connectivity index (χ2n) is 7.80. The number of fused-ring (bicyclic) bond motifs is 1. The third-order valence-corrected chi connectivity index (χ3v) is 9.65. The molecule has 1 amide bonds. The number of amides is 1. The van der Waals surface area contributed by atoms with Crippen molar-refractivity contribution in [2.45, 2.75) is 50.9 Å². The van der Waals surface area contributed by atoms with Crippen molar-refractivity contribution in [3.05, 3.63) is 52.9 Å². The zero-order valence-electron chi connectivity index (χ0n) is 18.3. The van der Waals surface area contributed by atoms with Crippen molar-refractivity contribution >= 4 is 37.0 Å². The number of hydrogen-bond acceptors (Lipinski definition) is 4. The Morgan fingerprint density at radius 2 is 2.06 bits per heavy atom. The van der Waals surface area contributed by atoms with Gasteiger partial charge in [-0.15, -0.1) is 0 Å². The molecule has 1 aliphatic rings. The van der Waals surface area contributed by atoms with Gasteiger partial charge >= 0.3 is 192 Å². The van der Waals surface area contributed by atoms with Gasteiger partial charge in [0.05, 0.1) is 0 Å². The van der Waals surface area contributed by atoms with Crippen LogP contribution in [-0.4, -0.2) is 49.6 Å². The molecule has 1 aliphatic heterocycles. The molecule has 3 heterocycles. The number of benzene rings is 1. The standard InChI is InChI=1S/C23H27AsF2N4O2/c1-3-20-17(12-27-23(31)16-6-5-15(25)11-19(16)26)21(24-14-7-9-32-10-8-14)18-13-28-30(4-2)22(18)29-20/h5-6,11,13-14,24H,3-4,7-10,12H2,1-2H3,(H,27,31). The third-order valence-electron chi connectivity index (χ3n) is 5.78. The molecule has 32 heavy (non-hydrogen) atoms. The molecular weight excluding hydrogens is 477 g/mol. The molecule has 0 spiro atoms. The molecule has 1 fully saturated rings. The maximum absolute atomic E-state index is 14.1. The number of carbonyl (C=O) groups excluding carboxylic acids is 1. The number of hydrogen-bond donors (Lipinski definition) is 1. The van der Waals surface area contributed by atoms with Crippen molar-refractivity contribution in [3.63, 3.8) is 0 Å². The van der Waals surface area contributed by atoms with Gasteiger partial charge in [-0.25, -0.2) is 0 Å². The number of halogens is 2. The number of nitrogens with zero attached hydrogens (tertiary/aromatic N) is 3. The first kappa shape index (κ1) is 22.9. The monoisotopic (exact) mass is 504 g/mol. The SMILES string of the molecule is CCc1nc2c(cnn2CC)c([AsH]C2CCOCC2)c1CNC(=O)c1ccc(F)cc1F. The van der Waals surface area contributed by atoms with E-state index in [2.05, 4.69) is 10.4 Å². The van der Waals surface area contributed by atoms with E-state index in [1.54, 1.807) is 0 Å². The normalized spacial score (nSPS) is 15.1. The molecular formula is C23H27AsF2N4O2. The van der Waals surface area contributed by atoms with Gasteiger partial charge in [-0.2, -0.15) is 0 Å². The second kappa shape index (κ2) is 10.1. The van der Waals surface area contributed by atoms with Crippen molar-refractivity contribution in [1.29, 1.82) is 0 Å². The number of rotatable bonds is 7. The number of aryl methyl sites for hydroxylation is 2. The number of pyridine rings is 1. The van der Waals surface area contributed by atoms with E-state index in [9.17, 15) is 13.6 Å². The Morgan fingerprint density at radius 3 is 2.75 bits per heavy atom. The summed E-state index contributed by atoms with van der Waals surface area (Å²) >= 11 is -0.547. The average molecular weight is 504 g/mol. The van der Waals surface area contributed by atoms with Crippen LogP contribution in [0.1, 0.15) is 48.3 Å². The molecule has 0 saturated carbocycles. The summed E-state index contributed by atoms with van der Waals surface area (Å²) < 4.78 is 36.6. The fraction of sp³-hybridized carbons (Fsp3) is 0.435. The van der Waals surface area contributed by atoms with E-state index in [-0.39, 0.29) is 12.1 Å². The molecule has 1 aromatic carbocycles. The van der Waals surface area contributed by atoms with Gasteiger partial charge in [-0.1, -0.05) is 0 Å². The summed E-state index contributed by atoms with van der Waals surface area (Å²) in [5.41, 5.74) is 2.66. The molecule has 0 aliphatic carbocycles. The van der Waals surface area contributed by atoms with Crippen LogP contribution in [0.4, 0.5) is 8.78 Å². The molecule has 1 unspecified atom stereocenters. The van der Waals surface area contributed by atoms with E-state index in [1.165, 1.54) is 10.4 Å². The Bertz CT molecular complexity index is 1130. The molecule has 170 valence electrons. The Morgan fingerprint density at radius 1 is 1.28 bits per heavy atom. The van der Waals surface area contributed by atoms with Crippen LogP contribution in [0.5, 0.6) is 0 Å². The molecule has 0 bridgehead atoms.